The molecule has 0 atom stereocenters. The first-order valence-corrected chi connectivity index (χ1v) is 13.5. The van der Waals surface area contributed by atoms with Gasteiger partial charge in [-0.2, -0.15) is 0 Å². The van der Waals surface area contributed by atoms with Gasteiger partial charge in [-0.05, 0) is 46.4 Å². The summed E-state index contributed by atoms with van der Waals surface area (Å²) in [6.07, 6.45) is 11.2. The Hall–Kier alpha value is -3.52. The van der Waals surface area contributed by atoms with E-state index in [1.807, 2.05) is 6.20 Å². The molecule has 0 fully saturated rings. The minimum Gasteiger partial charge on any atom is -0.260 e. The van der Waals surface area contributed by atoms with Crippen LogP contribution in [0.3, 0.4) is 0 Å². The molecule has 0 saturated carbocycles. The summed E-state index contributed by atoms with van der Waals surface area (Å²) in [5, 5.41) is 5.18. The van der Waals surface area contributed by atoms with Crippen LogP contribution in [0.1, 0.15) is 62.0 Å². The number of nitrogens with zero attached hydrogens (tertiary/aromatic N) is 2. The molecule has 5 rings (SSSR count). The van der Waals surface area contributed by atoms with Crippen molar-refractivity contribution in [2.24, 2.45) is 5.92 Å². The second kappa shape index (κ2) is 11.5. The highest BCUT2D eigenvalue weighted by Gasteiger charge is 2.16. The highest BCUT2D eigenvalue weighted by atomic mass is 15.0. The van der Waals surface area contributed by atoms with E-state index in [0.717, 1.165) is 31.0 Å². The number of hydrogen-bond acceptors (Lipinski definition) is 1. The Labute approximate surface area is 215 Å². The molecule has 0 amide bonds. The van der Waals surface area contributed by atoms with Gasteiger partial charge in [-0.3, -0.25) is 4.98 Å². The molecular weight excluding hydrogens is 436 g/mol. The van der Waals surface area contributed by atoms with E-state index in [1.54, 1.807) is 0 Å². The second-order valence-corrected chi connectivity index (χ2v) is 10.4. The summed E-state index contributed by atoms with van der Waals surface area (Å²) in [6, 6.07) is 30.8. The topological polar surface area (TPSA) is 16.8 Å². The summed E-state index contributed by atoms with van der Waals surface area (Å²) in [7, 11) is 0. The summed E-state index contributed by atoms with van der Waals surface area (Å²) >= 11 is 0. The quantitative estimate of drug-likeness (QED) is 0.148. The Morgan fingerprint density at radius 2 is 1.42 bits per heavy atom. The molecule has 0 aliphatic carbocycles. The lowest BCUT2D eigenvalue weighted by molar-refractivity contribution is -0.702. The summed E-state index contributed by atoms with van der Waals surface area (Å²) in [5.41, 5.74) is 5.23. The van der Waals surface area contributed by atoms with Crippen LogP contribution in [0, 0.1) is 5.92 Å². The molecule has 2 nitrogen and oxygen atoms in total. The summed E-state index contributed by atoms with van der Waals surface area (Å²) in [5.74, 6) is 0.797. The maximum atomic E-state index is 4.73. The van der Waals surface area contributed by atoms with E-state index in [2.05, 4.69) is 110 Å². The number of benzene rings is 3. The van der Waals surface area contributed by atoms with E-state index in [1.165, 1.54) is 64.0 Å². The van der Waals surface area contributed by atoms with Crippen LogP contribution < -0.4 is 4.57 Å². The van der Waals surface area contributed by atoms with E-state index < -0.39 is 0 Å². The molecule has 2 aromatic heterocycles. The number of aromatic nitrogens is 2. The second-order valence-electron chi connectivity index (χ2n) is 10.4. The molecule has 0 aliphatic rings. The number of unbranched alkanes of at least 4 members (excludes halogenated alkanes) is 2. The van der Waals surface area contributed by atoms with Crippen LogP contribution in [0.2, 0.25) is 0 Å². The van der Waals surface area contributed by atoms with Crippen molar-refractivity contribution in [2.45, 2.75) is 58.9 Å². The molecule has 0 aliphatic heterocycles. The predicted octanol–water partition coefficient (Wildman–Crippen LogP) is 8.07. The van der Waals surface area contributed by atoms with Crippen molar-refractivity contribution in [3.05, 3.63) is 120 Å². The van der Waals surface area contributed by atoms with Crippen molar-refractivity contribution in [3.63, 3.8) is 0 Å². The number of fused-ring (bicyclic) bond motifs is 2. The van der Waals surface area contributed by atoms with Crippen molar-refractivity contribution in [2.75, 3.05) is 0 Å². The van der Waals surface area contributed by atoms with Gasteiger partial charge < -0.3 is 0 Å². The van der Waals surface area contributed by atoms with Gasteiger partial charge in [0, 0.05) is 35.9 Å². The molecule has 0 unspecified atom stereocenters. The third-order valence-corrected chi connectivity index (χ3v) is 7.22. The van der Waals surface area contributed by atoms with Gasteiger partial charge in [0.15, 0.2) is 11.9 Å². The van der Waals surface area contributed by atoms with Gasteiger partial charge in [0.2, 0.25) is 0 Å². The lowest BCUT2D eigenvalue weighted by Crippen LogP contribution is -2.38. The van der Waals surface area contributed by atoms with Gasteiger partial charge >= 0.3 is 0 Å². The Morgan fingerprint density at radius 3 is 2.22 bits per heavy atom. The Morgan fingerprint density at radius 1 is 0.694 bits per heavy atom. The van der Waals surface area contributed by atoms with Crippen LogP contribution in [0.25, 0.3) is 21.5 Å². The first-order chi connectivity index (χ1) is 17.7. The average molecular weight is 474 g/mol. The molecule has 2 heteroatoms. The minimum absolute atomic E-state index is 0.797. The predicted molar refractivity (Wildman–Crippen MR) is 151 cm³/mol. The number of aryl methyl sites for hydroxylation is 1. The average Bonchev–Trinajstić information content (AvgIpc) is 2.90. The fraction of sp³-hybridized carbons (Fsp3) is 0.294. The molecule has 0 bridgehead atoms. The Balaban J connectivity index is 1.39. The standard InChI is InChI=1S/C34H37N2/c1-26(2)11-4-3-9-21-36-22-19-30-15-6-8-17-32(30)34(36)25-28-13-10-12-27(23-28)24-33-31-16-7-5-14-29(31)18-20-35-33/h5-8,10,12-20,22-23,26H,3-4,9,11,21,24-25H2,1-2H3/q+1. The van der Waals surface area contributed by atoms with Gasteiger partial charge in [-0.15, -0.1) is 0 Å². The first kappa shape index (κ1) is 24.2. The van der Waals surface area contributed by atoms with Gasteiger partial charge in [-0.1, -0.05) is 93.4 Å². The highest BCUT2D eigenvalue weighted by molar-refractivity contribution is 5.85. The monoisotopic (exact) mass is 473 g/mol. The Bertz CT molecular complexity index is 1450. The fourth-order valence-electron chi connectivity index (χ4n) is 5.30. The summed E-state index contributed by atoms with van der Waals surface area (Å²) in [6.45, 7) is 5.72. The largest absolute Gasteiger partial charge is 0.260 e. The van der Waals surface area contributed by atoms with Gasteiger partial charge in [-0.25, -0.2) is 4.57 Å². The molecule has 5 aromatic rings. The van der Waals surface area contributed by atoms with Gasteiger partial charge in [0.05, 0.1) is 12.1 Å². The van der Waals surface area contributed by atoms with E-state index in [-0.39, 0.29) is 0 Å². The SMILES string of the molecule is CC(C)CCCCC[n+]1ccc2ccccc2c1Cc1cccc(Cc2nccc3ccccc23)c1. The minimum atomic E-state index is 0.797. The van der Waals surface area contributed by atoms with Crippen molar-refractivity contribution in [1.29, 1.82) is 0 Å². The van der Waals surface area contributed by atoms with Crippen molar-refractivity contribution in [3.8, 4) is 0 Å². The first-order valence-electron chi connectivity index (χ1n) is 13.5. The Kier molecular flexibility index (Phi) is 7.71. The normalized spacial score (nSPS) is 11.5. The van der Waals surface area contributed by atoms with Gasteiger partial charge in [0.25, 0.3) is 0 Å². The van der Waals surface area contributed by atoms with Crippen LogP contribution in [0.15, 0.2) is 97.3 Å². The zero-order valence-electron chi connectivity index (χ0n) is 21.7. The van der Waals surface area contributed by atoms with Gasteiger partial charge in [0.1, 0.15) is 6.54 Å². The maximum Gasteiger partial charge on any atom is 0.193 e. The summed E-state index contributed by atoms with van der Waals surface area (Å²) in [4.78, 5) is 4.73. The molecule has 2 heterocycles. The highest BCUT2D eigenvalue weighted by Crippen LogP contribution is 2.22. The van der Waals surface area contributed by atoms with Crippen LogP contribution in [0.5, 0.6) is 0 Å². The van der Waals surface area contributed by atoms with Crippen molar-refractivity contribution in [1.82, 2.24) is 4.98 Å². The maximum absolute atomic E-state index is 4.73. The lowest BCUT2D eigenvalue weighted by Gasteiger charge is -2.10. The molecule has 3 aromatic carbocycles. The molecule has 36 heavy (non-hydrogen) atoms. The van der Waals surface area contributed by atoms with E-state index in [0.29, 0.717) is 0 Å². The molecule has 0 radical (unpaired) electrons. The number of rotatable bonds is 10. The number of hydrogen-bond donors (Lipinski definition) is 0. The van der Waals surface area contributed by atoms with Crippen molar-refractivity contribution >= 4 is 21.5 Å². The van der Waals surface area contributed by atoms with E-state index in [9.17, 15) is 0 Å². The van der Waals surface area contributed by atoms with Crippen molar-refractivity contribution < 1.29 is 4.57 Å². The van der Waals surface area contributed by atoms with E-state index >= 15 is 0 Å². The van der Waals surface area contributed by atoms with Crippen LogP contribution >= 0.6 is 0 Å². The molecule has 0 N–H and O–H groups in total. The zero-order valence-corrected chi connectivity index (χ0v) is 21.7. The van der Waals surface area contributed by atoms with Crippen LogP contribution in [-0.2, 0) is 19.4 Å². The van der Waals surface area contributed by atoms with Crippen LogP contribution in [0.4, 0.5) is 0 Å². The summed E-state index contributed by atoms with van der Waals surface area (Å²) < 4.78 is 2.50. The third-order valence-electron chi connectivity index (χ3n) is 7.22. The third kappa shape index (κ3) is 5.82. The molecule has 0 spiro atoms. The zero-order chi connectivity index (χ0) is 24.7. The molecular formula is C34H37N2+. The molecule has 182 valence electrons. The number of pyridine rings is 2. The molecule has 0 saturated heterocycles. The fourth-order valence-corrected chi connectivity index (χ4v) is 5.30. The lowest BCUT2D eigenvalue weighted by atomic mass is 9.98. The van der Waals surface area contributed by atoms with Crippen LogP contribution in [-0.4, -0.2) is 4.98 Å². The van der Waals surface area contributed by atoms with E-state index in [4.69, 9.17) is 4.98 Å². The smallest absolute Gasteiger partial charge is 0.193 e.